The second kappa shape index (κ2) is 5.97. The van der Waals surface area contributed by atoms with E-state index < -0.39 is 7.82 Å². The summed E-state index contributed by atoms with van der Waals surface area (Å²) in [6.07, 6.45) is 0. The summed E-state index contributed by atoms with van der Waals surface area (Å²) in [7, 11) is -5.68. The molecular weight excluding hydrogens is 402 g/mol. The fraction of sp³-hybridized carbons (Fsp3) is 0. The van der Waals surface area contributed by atoms with Crippen LogP contribution in [0.4, 0.5) is 4.20 Å². The third-order valence-electron chi connectivity index (χ3n) is 5.11. The molecule has 0 radical (unpaired) electrons. The van der Waals surface area contributed by atoms with E-state index in [2.05, 4.69) is 0 Å². The van der Waals surface area contributed by atoms with Gasteiger partial charge in [0.05, 0.1) is 0 Å². The predicted octanol–water partition coefficient (Wildman–Crippen LogP) is 7.36. The van der Waals surface area contributed by atoms with Crippen molar-refractivity contribution >= 4 is 7.82 Å². The van der Waals surface area contributed by atoms with Gasteiger partial charge in [-0.05, 0) is 0 Å². The third-order valence-corrected chi connectivity index (χ3v) is 7.06. The summed E-state index contributed by atoms with van der Waals surface area (Å²) in [5, 5.41) is 0. The van der Waals surface area contributed by atoms with Crippen molar-refractivity contribution in [2.24, 2.45) is 0 Å². The number of halogens is 1. The second-order valence-electron chi connectivity index (χ2n) is 7.07. The van der Waals surface area contributed by atoms with Gasteiger partial charge in [0, 0.05) is 0 Å². The van der Waals surface area contributed by atoms with Gasteiger partial charge in [0.2, 0.25) is 0 Å². The monoisotopic (exact) mass is 418 g/mol. The normalized spacial score (nSPS) is 18.0. The van der Waals surface area contributed by atoms with Crippen molar-refractivity contribution in [3.63, 3.8) is 0 Å². The molecule has 0 saturated carbocycles. The van der Waals surface area contributed by atoms with E-state index in [0.717, 1.165) is 0 Å². The van der Waals surface area contributed by atoms with Crippen LogP contribution in [0.5, 0.6) is 23.0 Å². The van der Waals surface area contributed by atoms with E-state index in [1.165, 1.54) is 0 Å². The summed E-state index contributed by atoms with van der Waals surface area (Å²) in [6, 6.07) is 28.7. The number of rotatable bonds is 0. The molecule has 4 aromatic rings. The molecule has 0 unspecified atom stereocenters. The number of hydrogen-bond donors (Lipinski definition) is 0. The van der Waals surface area contributed by atoms with Gasteiger partial charge >= 0.3 is 172 Å². The molecule has 0 aliphatic carbocycles. The molecule has 6 rings (SSSR count). The summed E-state index contributed by atoms with van der Waals surface area (Å²) < 4.78 is 41.0. The van der Waals surface area contributed by atoms with Crippen LogP contribution in [0, 0.1) is 0 Å². The zero-order valence-electron chi connectivity index (χ0n) is 15.7. The predicted molar refractivity (Wildman–Crippen MR) is 114 cm³/mol. The minimum absolute atomic E-state index is 0.291. The quantitative estimate of drug-likeness (QED) is 0.280. The van der Waals surface area contributed by atoms with Crippen LogP contribution in [0.25, 0.3) is 22.3 Å². The van der Waals surface area contributed by atoms with E-state index >= 15 is 4.20 Å². The number of benzene rings is 4. The van der Waals surface area contributed by atoms with Crippen molar-refractivity contribution in [3.8, 4) is 45.3 Å². The Hall–Kier alpha value is -3.56. The molecule has 0 fully saturated rings. The molecule has 4 nitrogen and oxygen atoms in total. The van der Waals surface area contributed by atoms with Gasteiger partial charge in [0.15, 0.2) is 0 Å². The second-order valence-corrected chi connectivity index (χ2v) is 9.25. The van der Waals surface area contributed by atoms with E-state index in [1.807, 2.05) is 48.5 Å². The molecule has 4 aromatic carbocycles. The van der Waals surface area contributed by atoms with Gasteiger partial charge in [-0.3, -0.25) is 0 Å². The average Bonchev–Trinajstić information content (AvgIpc) is 2.94. The Balaban J connectivity index is 1.65. The summed E-state index contributed by atoms with van der Waals surface area (Å²) >= 11 is 0. The first kappa shape index (κ1) is 17.3. The SMILES string of the molecule is FP12(Oc3ccccc3-c3ccccc3O1)Oc1ccccc1-c1ccccc1O2. The Morgan fingerprint density at radius 1 is 0.400 bits per heavy atom. The minimum atomic E-state index is -5.68. The van der Waals surface area contributed by atoms with Crippen LogP contribution in [0.1, 0.15) is 0 Å². The van der Waals surface area contributed by atoms with Gasteiger partial charge in [0.1, 0.15) is 0 Å². The van der Waals surface area contributed by atoms with E-state index in [9.17, 15) is 0 Å². The van der Waals surface area contributed by atoms with Crippen LogP contribution in [-0.2, 0) is 0 Å². The molecule has 0 N–H and O–H groups in total. The van der Waals surface area contributed by atoms with Gasteiger partial charge < -0.3 is 0 Å². The van der Waals surface area contributed by atoms with Crippen molar-refractivity contribution < 1.29 is 22.3 Å². The molecule has 0 bridgehead atoms. The topological polar surface area (TPSA) is 36.9 Å². The molecule has 2 aliphatic rings. The van der Waals surface area contributed by atoms with Crippen LogP contribution < -0.4 is 18.1 Å². The maximum absolute atomic E-state index is 17.2. The van der Waals surface area contributed by atoms with Gasteiger partial charge in [0.25, 0.3) is 0 Å². The van der Waals surface area contributed by atoms with E-state index in [0.29, 0.717) is 45.3 Å². The number of hydrogen-bond acceptors (Lipinski definition) is 4. The maximum atomic E-state index is 17.2. The zero-order valence-corrected chi connectivity index (χ0v) is 16.6. The molecule has 148 valence electrons. The summed E-state index contributed by atoms with van der Waals surface area (Å²) in [4.78, 5) is 0. The molecule has 6 heteroatoms. The molecule has 2 aliphatic heterocycles. The summed E-state index contributed by atoms with van der Waals surface area (Å²) in [6.45, 7) is 0. The fourth-order valence-electron chi connectivity index (χ4n) is 3.82. The Bertz CT molecular complexity index is 1100. The molecular formula is C24H16FO4P. The van der Waals surface area contributed by atoms with Crippen LogP contribution in [0.3, 0.4) is 0 Å². The Morgan fingerprint density at radius 3 is 0.900 bits per heavy atom. The molecule has 30 heavy (non-hydrogen) atoms. The molecule has 0 amide bonds. The van der Waals surface area contributed by atoms with Crippen molar-refractivity contribution in [2.75, 3.05) is 0 Å². The van der Waals surface area contributed by atoms with E-state index in [4.69, 9.17) is 18.1 Å². The van der Waals surface area contributed by atoms with E-state index in [-0.39, 0.29) is 0 Å². The molecule has 2 heterocycles. The van der Waals surface area contributed by atoms with Crippen molar-refractivity contribution in [3.05, 3.63) is 97.1 Å². The molecule has 0 aromatic heterocycles. The van der Waals surface area contributed by atoms with Gasteiger partial charge in [-0.25, -0.2) is 0 Å². The zero-order chi connectivity index (χ0) is 20.2. The molecule has 0 atom stereocenters. The first-order chi connectivity index (χ1) is 14.6. The van der Waals surface area contributed by atoms with Crippen molar-refractivity contribution in [1.29, 1.82) is 0 Å². The van der Waals surface area contributed by atoms with Crippen LogP contribution in [-0.4, -0.2) is 0 Å². The van der Waals surface area contributed by atoms with Crippen molar-refractivity contribution in [1.82, 2.24) is 0 Å². The summed E-state index contributed by atoms with van der Waals surface area (Å²) in [5.41, 5.74) is 2.80. The number of para-hydroxylation sites is 4. The number of fused-ring (bicyclic) bond motifs is 6. The van der Waals surface area contributed by atoms with Crippen LogP contribution >= 0.6 is 7.82 Å². The Kier molecular flexibility index (Phi) is 3.45. The van der Waals surface area contributed by atoms with Crippen molar-refractivity contribution in [2.45, 2.75) is 0 Å². The van der Waals surface area contributed by atoms with Gasteiger partial charge in [-0.2, -0.15) is 0 Å². The Morgan fingerprint density at radius 2 is 0.633 bits per heavy atom. The molecule has 1 spiro atoms. The first-order valence-electron chi connectivity index (χ1n) is 9.53. The molecule has 0 saturated heterocycles. The Labute approximate surface area is 172 Å². The van der Waals surface area contributed by atoms with Gasteiger partial charge in [-0.1, -0.05) is 0 Å². The van der Waals surface area contributed by atoms with Crippen LogP contribution in [0.2, 0.25) is 0 Å². The fourth-order valence-corrected chi connectivity index (χ4v) is 5.94. The van der Waals surface area contributed by atoms with E-state index in [1.54, 1.807) is 48.5 Å². The van der Waals surface area contributed by atoms with Crippen LogP contribution in [0.15, 0.2) is 97.1 Å². The average molecular weight is 418 g/mol. The first-order valence-corrected chi connectivity index (χ1v) is 11.3. The van der Waals surface area contributed by atoms with Gasteiger partial charge in [-0.15, -0.1) is 0 Å². The summed E-state index contributed by atoms with van der Waals surface area (Å²) in [5.74, 6) is 1.16. The standard InChI is InChI=1S/C24H16FO4P/c25-30(26-21-13-5-1-9-17(21)18-10-2-6-14-22(18)27-30)28-23-15-7-3-11-19(23)20-12-4-8-16-24(20)29-30/h1-16H. The third kappa shape index (κ3) is 2.56.